The number of benzene rings is 2. The fourth-order valence-corrected chi connectivity index (χ4v) is 10.8. The largest absolute Gasteiger partial charge is 0.442 e. The molecule has 296 valence electrons. The lowest BCUT2D eigenvalue weighted by molar-refractivity contribution is -0.185. The van der Waals surface area contributed by atoms with Gasteiger partial charge in [-0.05, 0) is 82.2 Å². The molecule has 2 bridgehead atoms. The Labute approximate surface area is 324 Å². The molecule has 6 fully saturated rings. The summed E-state index contributed by atoms with van der Waals surface area (Å²) in [4.78, 5) is 89.4. The summed E-state index contributed by atoms with van der Waals surface area (Å²) >= 11 is 0. The molecular formula is C40H47N7O9. The Morgan fingerprint density at radius 3 is 1.64 bits per heavy atom. The second-order valence-corrected chi connectivity index (χ2v) is 18.0. The van der Waals surface area contributed by atoms with Crippen molar-refractivity contribution >= 4 is 36.1 Å². The first-order valence-electron chi connectivity index (χ1n) is 19.3. The quantitative estimate of drug-likeness (QED) is 0.390. The van der Waals surface area contributed by atoms with E-state index in [1.165, 1.54) is 14.9 Å². The molecule has 56 heavy (non-hydrogen) atoms. The zero-order chi connectivity index (χ0) is 39.9. The van der Waals surface area contributed by atoms with Crippen molar-refractivity contribution in [2.45, 2.75) is 109 Å². The van der Waals surface area contributed by atoms with Crippen molar-refractivity contribution in [3.05, 3.63) is 70.3 Å². The molecule has 3 saturated heterocycles. The molecule has 2 aromatic carbocycles. The summed E-state index contributed by atoms with van der Waals surface area (Å²) in [5.41, 5.74) is -0.767. The standard InChI is InChI=1S/C40H47N7O9/c1-37(2,3)55-35(53)45-18-24-14-22-16-43-33(51)41-39-26-12-13-27(30-29(26)31(49)47(32(30)50)28(20-48)21-10-8-7-9-11-21)40(39,43)44(34(52)42-39)17-23(22)15-25(24)19-46(45)36(54)56-38(4,5)6/h7-11,14-15,26-30,48H,12-13,16-20H2,1-6H3,(H,41,51)(H,42,52)/t26-,27+,28-,29-,30+,39?,40?/m0/s1. The Hall–Kier alpha value is -5.38. The van der Waals surface area contributed by atoms with E-state index in [0.717, 1.165) is 22.3 Å². The lowest BCUT2D eigenvalue weighted by atomic mass is 9.50. The van der Waals surface area contributed by atoms with Gasteiger partial charge < -0.3 is 25.2 Å². The van der Waals surface area contributed by atoms with Gasteiger partial charge in [0.15, 0.2) is 11.3 Å². The third-order valence-electron chi connectivity index (χ3n) is 12.7. The lowest BCUT2D eigenvalue weighted by Crippen LogP contribution is -2.80. The molecule has 3 N–H and O–H groups in total. The number of carbonyl (C=O) groups excluding carboxylic acids is 6. The maximum atomic E-state index is 14.7. The van der Waals surface area contributed by atoms with Crippen LogP contribution >= 0.6 is 0 Å². The highest BCUT2D eigenvalue weighted by molar-refractivity contribution is 6.07. The first-order valence-corrected chi connectivity index (χ1v) is 19.3. The van der Waals surface area contributed by atoms with E-state index in [1.54, 1.807) is 75.6 Å². The smallest absolute Gasteiger partial charge is 0.429 e. The van der Waals surface area contributed by atoms with Crippen molar-refractivity contribution in [2.75, 3.05) is 6.61 Å². The number of imide groups is 1. The Balaban J connectivity index is 1.11. The number of rotatable bonds is 3. The van der Waals surface area contributed by atoms with Crippen LogP contribution in [0.2, 0.25) is 0 Å². The van der Waals surface area contributed by atoms with Crippen molar-refractivity contribution in [3.63, 3.8) is 0 Å². The van der Waals surface area contributed by atoms with Crippen molar-refractivity contribution in [1.82, 2.24) is 35.4 Å². The summed E-state index contributed by atoms with van der Waals surface area (Å²) in [6.07, 6.45) is -0.455. The Kier molecular flexibility index (Phi) is 7.66. The minimum absolute atomic E-state index is 0.0173. The number of aliphatic hydroxyl groups is 1. The van der Waals surface area contributed by atoms with Crippen LogP contribution in [0.15, 0.2) is 42.5 Å². The van der Waals surface area contributed by atoms with Crippen LogP contribution in [0.5, 0.6) is 0 Å². The van der Waals surface area contributed by atoms with Gasteiger partial charge in [-0.2, -0.15) is 0 Å². The number of hydrogen-bond acceptors (Lipinski definition) is 9. The number of nitrogens with zero attached hydrogens (tertiary/aromatic N) is 5. The van der Waals surface area contributed by atoms with Crippen molar-refractivity contribution in [1.29, 1.82) is 0 Å². The van der Waals surface area contributed by atoms with E-state index in [0.29, 0.717) is 18.4 Å². The molecule has 0 unspecified atom stereocenters. The predicted octanol–water partition coefficient (Wildman–Crippen LogP) is 3.92. The number of aliphatic hydroxyl groups excluding tert-OH is 1. The maximum absolute atomic E-state index is 14.7. The van der Waals surface area contributed by atoms with Crippen LogP contribution in [0.4, 0.5) is 19.2 Å². The van der Waals surface area contributed by atoms with Crippen LogP contribution in [0.1, 0.15) is 88.2 Å². The first-order chi connectivity index (χ1) is 26.4. The molecule has 5 aliphatic heterocycles. The summed E-state index contributed by atoms with van der Waals surface area (Å²) in [6, 6.07) is 11.1. The monoisotopic (exact) mass is 769 g/mol. The molecule has 2 aromatic rings. The topological polar surface area (TPSA) is 181 Å². The molecule has 8 aliphatic rings. The van der Waals surface area contributed by atoms with E-state index in [4.69, 9.17) is 9.47 Å². The number of amides is 8. The van der Waals surface area contributed by atoms with Gasteiger partial charge in [-0.1, -0.05) is 42.5 Å². The Morgan fingerprint density at radius 2 is 1.18 bits per heavy atom. The molecule has 3 aliphatic carbocycles. The second-order valence-electron chi connectivity index (χ2n) is 18.0. The van der Waals surface area contributed by atoms with Gasteiger partial charge >= 0.3 is 24.2 Å². The van der Waals surface area contributed by atoms with Gasteiger partial charge in [-0.15, -0.1) is 0 Å². The zero-order valence-corrected chi connectivity index (χ0v) is 32.3. The van der Waals surface area contributed by atoms with Crippen LogP contribution in [-0.4, -0.2) is 95.0 Å². The predicted molar refractivity (Wildman–Crippen MR) is 195 cm³/mol. The number of nitrogens with one attached hydrogen (secondary N) is 2. The summed E-state index contributed by atoms with van der Waals surface area (Å²) in [7, 11) is 0. The minimum atomic E-state index is -1.36. The molecule has 16 nitrogen and oxygen atoms in total. The van der Waals surface area contributed by atoms with Gasteiger partial charge in [0.1, 0.15) is 11.2 Å². The van der Waals surface area contributed by atoms with E-state index in [9.17, 15) is 33.9 Å². The van der Waals surface area contributed by atoms with Crippen LogP contribution in [0.25, 0.3) is 0 Å². The molecule has 3 saturated carbocycles. The molecular weight excluding hydrogens is 722 g/mol. The second kappa shape index (κ2) is 11.8. The average molecular weight is 770 g/mol. The summed E-state index contributed by atoms with van der Waals surface area (Å²) in [6.45, 7) is 10.1. The Morgan fingerprint density at radius 1 is 0.732 bits per heavy atom. The number of hydrogen-bond donors (Lipinski definition) is 3. The van der Waals surface area contributed by atoms with Crippen LogP contribution < -0.4 is 10.6 Å². The molecule has 1 spiro atoms. The normalized spacial score (nSPS) is 30.5. The molecule has 8 amide bonds. The van der Waals surface area contributed by atoms with E-state index < -0.39 is 94.9 Å². The molecule has 5 heterocycles. The van der Waals surface area contributed by atoms with Crippen molar-refractivity contribution in [3.8, 4) is 0 Å². The van der Waals surface area contributed by atoms with E-state index in [2.05, 4.69) is 10.6 Å². The third kappa shape index (κ3) is 4.86. The van der Waals surface area contributed by atoms with Gasteiger partial charge in [-0.3, -0.25) is 24.3 Å². The molecule has 5 atom stereocenters. The lowest BCUT2D eigenvalue weighted by Gasteiger charge is -2.62. The number of ether oxygens (including phenoxy) is 2. The SMILES string of the molecule is CC(C)(C)OC(=O)N1Cc2cc3c(cc2CN1C(=O)OC(C)(C)C)CN1C(=O)NC24NC(=O)N(C3)C12[C@@H]1CC[C@H]4[C@@H]2C(=O)N([C@@H](CO)c3ccccc3)C(=O)[C@@H]21. The summed E-state index contributed by atoms with van der Waals surface area (Å²) in [5.74, 6) is -3.65. The first kappa shape index (κ1) is 36.3. The highest BCUT2D eigenvalue weighted by atomic mass is 16.6. The Bertz CT molecular complexity index is 2010. The highest BCUT2D eigenvalue weighted by Gasteiger charge is 2.85. The van der Waals surface area contributed by atoms with E-state index in [-0.39, 0.29) is 26.2 Å². The van der Waals surface area contributed by atoms with Gasteiger partial charge in [0.05, 0.1) is 50.7 Å². The average Bonchev–Trinajstić information content (AvgIpc) is 3.59. The number of carbonyl (C=O) groups is 6. The summed E-state index contributed by atoms with van der Waals surface area (Å²) < 4.78 is 11.4. The number of urea groups is 2. The van der Waals surface area contributed by atoms with Crippen molar-refractivity contribution < 1.29 is 43.3 Å². The molecule has 16 heteroatoms. The number of likely N-dealkylation sites (tertiary alicyclic amines) is 1. The minimum Gasteiger partial charge on any atom is -0.442 e. The van der Waals surface area contributed by atoms with Crippen LogP contribution in [0.3, 0.4) is 0 Å². The molecule has 0 radical (unpaired) electrons. The highest BCUT2D eigenvalue weighted by Crippen LogP contribution is 2.67. The van der Waals surface area contributed by atoms with Crippen molar-refractivity contribution in [2.24, 2.45) is 23.7 Å². The van der Waals surface area contributed by atoms with Gasteiger partial charge in [0, 0.05) is 11.8 Å². The molecule has 0 aromatic heterocycles. The number of fused-ring (bicyclic) bond motifs is 3. The van der Waals surface area contributed by atoms with Gasteiger partial charge in [0.25, 0.3) is 0 Å². The summed E-state index contributed by atoms with van der Waals surface area (Å²) in [5, 5.41) is 19.3. The van der Waals surface area contributed by atoms with Crippen LogP contribution in [0, 0.1) is 23.7 Å². The van der Waals surface area contributed by atoms with Gasteiger partial charge in [0.2, 0.25) is 11.8 Å². The van der Waals surface area contributed by atoms with Crippen LogP contribution in [-0.2, 0) is 45.2 Å². The molecule has 10 rings (SSSR count). The third-order valence-corrected chi connectivity index (χ3v) is 12.7. The fraction of sp³-hybridized carbons (Fsp3) is 0.550. The van der Waals surface area contributed by atoms with E-state index in [1.807, 2.05) is 18.2 Å². The van der Waals surface area contributed by atoms with Gasteiger partial charge in [-0.25, -0.2) is 29.2 Å². The zero-order valence-electron chi connectivity index (χ0n) is 32.3. The maximum Gasteiger partial charge on any atom is 0.429 e. The fourth-order valence-electron chi connectivity index (χ4n) is 10.8. The van der Waals surface area contributed by atoms with E-state index >= 15 is 0 Å². The number of hydrazine groups is 1.